The lowest BCUT2D eigenvalue weighted by molar-refractivity contribution is 0.0944. The first-order chi connectivity index (χ1) is 13.4. The van der Waals surface area contributed by atoms with Crippen molar-refractivity contribution < 1.29 is 17.9 Å². The van der Waals surface area contributed by atoms with Crippen molar-refractivity contribution in [3.63, 3.8) is 0 Å². The number of amides is 1. The third kappa shape index (κ3) is 5.18. The molecule has 148 valence electrons. The summed E-state index contributed by atoms with van der Waals surface area (Å²) in [5.74, 6) is -0.373. The Labute approximate surface area is 168 Å². The van der Waals surface area contributed by atoms with E-state index in [1.165, 1.54) is 25.3 Å². The molecule has 0 unspecified atom stereocenters. The molecule has 1 aliphatic rings. The van der Waals surface area contributed by atoms with Gasteiger partial charge >= 0.3 is 0 Å². The molecule has 2 aromatic rings. The Morgan fingerprint density at radius 3 is 2.46 bits per heavy atom. The molecule has 0 aliphatic heterocycles. The minimum Gasteiger partial charge on any atom is -0.495 e. The number of thiocarbonyl (C=S) groups is 1. The minimum absolute atomic E-state index is 0.0599. The van der Waals surface area contributed by atoms with Gasteiger partial charge in [0.15, 0.2) is 5.11 Å². The van der Waals surface area contributed by atoms with Crippen LogP contribution >= 0.6 is 12.2 Å². The normalized spacial score (nSPS) is 13.5. The number of rotatable bonds is 6. The van der Waals surface area contributed by atoms with E-state index in [-0.39, 0.29) is 27.4 Å². The summed E-state index contributed by atoms with van der Waals surface area (Å²) in [6, 6.07) is 13.3. The minimum atomic E-state index is -3.78. The molecule has 0 bridgehead atoms. The summed E-state index contributed by atoms with van der Waals surface area (Å²) in [6.45, 7) is 0. The van der Waals surface area contributed by atoms with Crippen molar-refractivity contribution in [2.24, 2.45) is 0 Å². The van der Waals surface area contributed by atoms with E-state index >= 15 is 0 Å². The smallest absolute Gasteiger partial charge is 0.269 e. The maximum Gasteiger partial charge on any atom is 0.269 e. The fraction of sp³-hybridized carbons (Fsp3) is 0.222. The molecule has 28 heavy (non-hydrogen) atoms. The number of hydrogen-bond acceptors (Lipinski definition) is 5. The number of carbonyl (C=O) groups is 1. The number of hydrazine groups is 1. The quantitative estimate of drug-likeness (QED) is 0.417. The summed E-state index contributed by atoms with van der Waals surface area (Å²) in [4.78, 5) is 12.3. The zero-order valence-electron chi connectivity index (χ0n) is 15.1. The number of ether oxygens (including phenoxy) is 1. The van der Waals surface area contributed by atoms with Gasteiger partial charge in [0.1, 0.15) is 10.6 Å². The lowest BCUT2D eigenvalue weighted by Crippen LogP contribution is -2.43. The Hall–Kier alpha value is -2.69. The van der Waals surface area contributed by atoms with Crippen molar-refractivity contribution in [2.45, 2.75) is 23.8 Å². The molecular weight excluding hydrogens is 400 g/mol. The zero-order chi connectivity index (χ0) is 20.1. The van der Waals surface area contributed by atoms with Gasteiger partial charge in [-0.15, -0.1) is 0 Å². The van der Waals surface area contributed by atoms with Crippen LogP contribution in [0.5, 0.6) is 5.75 Å². The van der Waals surface area contributed by atoms with Crippen LogP contribution in [0, 0.1) is 0 Å². The monoisotopic (exact) mass is 420 g/mol. The Morgan fingerprint density at radius 1 is 1.11 bits per heavy atom. The molecule has 0 aromatic heterocycles. The van der Waals surface area contributed by atoms with E-state index in [0.29, 0.717) is 0 Å². The first-order valence-electron chi connectivity index (χ1n) is 8.52. The molecule has 0 atom stereocenters. The standard InChI is InChI=1S/C18H20N4O4S2/c1-26-15-10-7-12(11-16(15)28(24,25)22-14-8-9-14)17(23)20-21-18(27)19-13-5-3-2-4-6-13/h2-7,10-11,14,22H,8-9H2,1H3,(H,20,23)(H2,19,21,27). The molecule has 1 fully saturated rings. The first-order valence-corrected chi connectivity index (χ1v) is 10.4. The van der Waals surface area contributed by atoms with E-state index in [0.717, 1.165) is 18.5 Å². The number of carbonyl (C=O) groups excluding carboxylic acids is 1. The molecule has 8 nitrogen and oxygen atoms in total. The number of anilines is 1. The van der Waals surface area contributed by atoms with Crippen LogP contribution in [0.3, 0.4) is 0 Å². The van der Waals surface area contributed by atoms with Crippen LogP contribution in [0.4, 0.5) is 5.69 Å². The topological polar surface area (TPSA) is 109 Å². The number of methoxy groups -OCH3 is 1. The lowest BCUT2D eigenvalue weighted by Gasteiger charge is -2.14. The predicted octanol–water partition coefficient (Wildman–Crippen LogP) is 1.77. The van der Waals surface area contributed by atoms with Gasteiger partial charge in [0.25, 0.3) is 5.91 Å². The maximum absolute atomic E-state index is 12.5. The summed E-state index contributed by atoms with van der Waals surface area (Å²) >= 11 is 5.12. The molecule has 0 heterocycles. The Bertz CT molecular complexity index is 976. The summed E-state index contributed by atoms with van der Waals surface area (Å²) in [5.41, 5.74) is 5.93. The van der Waals surface area contributed by atoms with Crippen LogP contribution in [0.15, 0.2) is 53.4 Å². The Morgan fingerprint density at radius 2 is 1.82 bits per heavy atom. The number of benzene rings is 2. The van der Waals surface area contributed by atoms with Crippen LogP contribution < -0.4 is 25.6 Å². The Kier molecular flexibility index (Phi) is 6.12. The van der Waals surface area contributed by atoms with E-state index < -0.39 is 15.9 Å². The van der Waals surface area contributed by atoms with Crippen molar-refractivity contribution in [2.75, 3.05) is 12.4 Å². The lowest BCUT2D eigenvalue weighted by atomic mass is 10.2. The van der Waals surface area contributed by atoms with Gasteiger partial charge in [-0.1, -0.05) is 18.2 Å². The molecule has 4 N–H and O–H groups in total. The number of nitrogens with one attached hydrogen (secondary N) is 4. The number of sulfonamides is 1. The average molecular weight is 421 g/mol. The molecule has 0 saturated heterocycles. The van der Waals surface area contributed by atoms with Gasteiger partial charge in [-0.3, -0.25) is 15.6 Å². The summed E-state index contributed by atoms with van der Waals surface area (Å²) in [5, 5.41) is 3.10. The highest BCUT2D eigenvalue weighted by molar-refractivity contribution is 7.89. The van der Waals surface area contributed by atoms with Crippen molar-refractivity contribution in [3.05, 3.63) is 54.1 Å². The molecular formula is C18H20N4O4S2. The van der Waals surface area contributed by atoms with Crippen LogP contribution in [0.2, 0.25) is 0 Å². The second-order valence-electron chi connectivity index (χ2n) is 6.16. The van der Waals surface area contributed by atoms with Gasteiger partial charge in [-0.05, 0) is 55.4 Å². The van der Waals surface area contributed by atoms with Gasteiger partial charge in [0.2, 0.25) is 10.0 Å². The molecule has 10 heteroatoms. The van der Waals surface area contributed by atoms with Crippen LogP contribution in [0.1, 0.15) is 23.2 Å². The summed E-state index contributed by atoms with van der Waals surface area (Å²) in [6.07, 6.45) is 1.61. The fourth-order valence-corrected chi connectivity index (χ4v) is 4.05. The van der Waals surface area contributed by atoms with E-state index in [1.807, 2.05) is 30.3 Å². The molecule has 2 aromatic carbocycles. The third-order valence-corrected chi connectivity index (χ3v) is 5.68. The SMILES string of the molecule is COc1ccc(C(=O)NNC(=S)Nc2ccccc2)cc1S(=O)(=O)NC1CC1. The second kappa shape index (κ2) is 8.55. The third-order valence-electron chi connectivity index (χ3n) is 3.94. The molecule has 0 radical (unpaired) electrons. The first kappa shape index (κ1) is 20.1. The van der Waals surface area contributed by atoms with E-state index in [2.05, 4.69) is 20.9 Å². The van der Waals surface area contributed by atoms with Crippen molar-refractivity contribution in [3.8, 4) is 5.75 Å². The van der Waals surface area contributed by atoms with Crippen LogP contribution in [0.25, 0.3) is 0 Å². The van der Waals surface area contributed by atoms with Gasteiger partial charge in [0, 0.05) is 17.3 Å². The van der Waals surface area contributed by atoms with E-state index in [4.69, 9.17) is 17.0 Å². The van der Waals surface area contributed by atoms with Gasteiger partial charge in [-0.2, -0.15) is 0 Å². The van der Waals surface area contributed by atoms with E-state index in [9.17, 15) is 13.2 Å². The zero-order valence-corrected chi connectivity index (χ0v) is 16.7. The van der Waals surface area contributed by atoms with Crippen LogP contribution in [-0.4, -0.2) is 32.6 Å². The molecule has 1 saturated carbocycles. The molecule has 1 aliphatic carbocycles. The van der Waals surface area contributed by atoms with Crippen molar-refractivity contribution >= 4 is 38.9 Å². The molecule has 0 spiro atoms. The van der Waals surface area contributed by atoms with Gasteiger partial charge in [0.05, 0.1) is 7.11 Å². The highest BCUT2D eigenvalue weighted by atomic mass is 32.2. The van der Waals surface area contributed by atoms with Crippen LogP contribution in [-0.2, 0) is 10.0 Å². The van der Waals surface area contributed by atoms with Gasteiger partial charge in [-0.25, -0.2) is 13.1 Å². The van der Waals surface area contributed by atoms with E-state index in [1.54, 1.807) is 0 Å². The fourth-order valence-electron chi connectivity index (χ4n) is 2.38. The summed E-state index contributed by atoms with van der Waals surface area (Å²) in [7, 11) is -2.41. The van der Waals surface area contributed by atoms with Gasteiger partial charge < -0.3 is 10.1 Å². The second-order valence-corrected chi connectivity index (χ2v) is 8.25. The number of hydrogen-bond donors (Lipinski definition) is 4. The largest absolute Gasteiger partial charge is 0.495 e. The highest BCUT2D eigenvalue weighted by Crippen LogP contribution is 2.28. The maximum atomic E-state index is 12.5. The van der Waals surface area contributed by atoms with Crippen molar-refractivity contribution in [1.29, 1.82) is 0 Å². The molecule has 3 rings (SSSR count). The predicted molar refractivity (Wildman–Crippen MR) is 110 cm³/mol. The highest BCUT2D eigenvalue weighted by Gasteiger charge is 2.30. The average Bonchev–Trinajstić information content (AvgIpc) is 3.49. The number of para-hydroxylation sites is 1. The molecule has 1 amide bonds. The Balaban J connectivity index is 1.67. The van der Waals surface area contributed by atoms with Crippen molar-refractivity contribution in [1.82, 2.24) is 15.6 Å². The summed E-state index contributed by atoms with van der Waals surface area (Å²) < 4.78 is 32.8.